The van der Waals surface area contributed by atoms with Gasteiger partial charge in [0, 0.05) is 0 Å². The normalized spacial score (nSPS) is 14.1. The van der Waals surface area contributed by atoms with Gasteiger partial charge in [0.2, 0.25) is 0 Å². The standard InChI is InChI=1S/C10H22O4S/c1-3-5-7-10(4-2)8-6-9-14-15(11,12)13/h10H,3-9H2,1-2H3,(H,11,12,13). The smallest absolute Gasteiger partial charge is 0.264 e. The van der Waals surface area contributed by atoms with E-state index in [4.69, 9.17) is 4.55 Å². The van der Waals surface area contributed by atoms with Crippen molar-refractivity contribution in [3.63, 3.8) is 0 Å². The summed E-state index contributed by atoms with van der Waals surface area (Å²) in [5, 5.41) is 0. The summed E-state index contributed by atoms with van der Waals surface area (Å²) in [6, 6.07) is 0. The maximum atomic E-state index is 10.3. The first kappa shape index (κ1) is 14.9. The molecule has 0 aromatic carbocycles. The highest BCUT2D eigenvalue weighted by atomic mass is 32.3. The molecule has 0 amide bonds. The molecule has 0 aliphatic carbocycles. The van der Waals surface area contributed by atoms with Crippen molar-refractivity contribution in [2.24, 2.45) is 5.92 Å². The highest BCUT2D eigenvalue weighted by Gasteiger charge is 2.07. The fourth-order valence-corrected chi connectivity index (χ4v) is 1.91. The minimum Gasteiger partial charge on any atom is -0.264 e. The Kier molecular flexibility index (Phi) is 8.00. The van der Waals surface area contributed by atoms with Crippen molar-refractivity contribution in [3.8, 4) is 0 Å². The summed E-state index contributed by atoms with van der Waals surface area (Å²) in [6.07, 6.45) is 6.37. The van der Waals surface area contributed by atoms with Crippen molar-refractivity contribution in [3.05, 3.63) is 0 Å². The Morgan fingerprint density at radius 3 is 2.27 bits per heavy atom. The zero-order valence-corrected chi connectivity index (χ0v) is 10.4. The van der Waals surface area contributed by atoms with Crippen LogP contribution < -0.4 is 0 Å². The second-order valence-electron chi connectivity index (χ2n) is 3.81. The third-order valence-electron chi connectivity index (χ3n) is 2.53. The molecule has 0 rings (SSSR count). The van der Waals surface area contributed by atoms with E-state index in [0.717, 1.165) is 12.8 Å². The maximum absolute atomic E-state index is 10.3. The van der Waals surface area contributed by atoms with Crippen molar-refractivity contribution in [2.75, 3.05) is 6.61 Å². The lowest BCUT2D eigenvalue weighted by atomic mass is 9.95. The summed E-state index contributed by atoms with van der Waals surface area (Å²) in [5.74, 6) is 0.648. The summed E-state index contributed by atoms with van der Waals surface area (Å²) < 4.78 is 33.1. The first-order valence-corrected chi connectivity index (χ1v) is 6.98. The fourth-order valence-electron chi connectivity index (χ4n) is 1.58. The minimum absolute atomic E-state index is 0.0848. The van der Waals surface area contributed by atoms with Crippen LogP contribution in [0.4, 0.5) is 0 Å². The highest BCUT2D eigenvalue weighted by molar-refractivity contribution is 7.80. The molecular weight excluding hydrogens is 216 g/mol. The van der Waals surface area contributed by atoms with Gasteiger partial charge in [-0.05, 0) is 18.8 Å². The predicted molar refractivity (Wildman–Crippen MR) is 60.0 cm³/mol. The van der Waals surface area contributed by atoms with E-state index in [-0.39, 0.29) is 6.61 Å². The molecule has 4 nitrogen and oxygen atoms in total. The molecule has 0 aromatic rings. The Morgan fingerprint density at radius 2 is 1.80 bits per heavy atom. The van der Waals surface area contributed by atoms with Crippen LogP contribution in [-0.2, 0) is 14.6 Å². The van der Waals surface area contributed by atoms with Gasteiger partial charge in [0.25, 0.3) is 0 Å². The van der Waals surface area contributed by atoms with E-state index in [1.54, 1.807) is 0 Å². The van der Waals surface area contributed by atoms with Crippen molar-refractivity contribution in [2.45, 2.75) is 52.4 Å². The van der Waals surface area contributed by atoms with Crippen LogP contribution in [0.15, 0.2) is 0 Å². The van der Waals surface area contributed by atoms with E-state index in [0.29, 0.717) is 12.3 Å². The molecule has 0 saturated heterocycles. The van der Waals surface area contributed by atoms with E-state index < -0.39 is 10.4 Å². The van der Waals surface area contributed by atoms with Crippen LogP contribution in [0.1, 0.15) is 52.4 Å². The third-order valence-corrected chi connectivity index (χ3v) is 3.00. The summed E-state index contributed by atoms with van der Waals surface area (Å²) in [6.45, 7) is 4.39. The second kappa shape index (κ2) is 8.07. The van der Waals surface area contributed by atoms with Crippen molar-refractivity contribution < 1.29 is 17.2 Å². The van der Waals surface area contributed by atoms with Gasteiger partial charge in [0.15, 0.2) is 0 Å². The molecule has 0 bridgehead atoms. The Bertz CT molecular complexity index is 236. The molecule has 1 N–H and O–H groups in total. The van der Waals surface area contributed by atoms with Crippen LogP contribution in [-0.4, -0.2) is 19.6 Å². The lowest BCUT2D eigenvalue weighted by Gasteiger charge is -2.13. The van der Waals surface area contributed by atoms with Crippen molar-refractivity contribution in [1.82, 2.24) is 0 Å². The fraction of sp³-hybridized carbons (Fsp3) is 1.00. The van der Waals surface area contributed by atoms with E-state index in [9.17, 15) is 8.42 Å². The SMILES string of the molecule is CCCCC(CC)CCCOS(=O)(=O)O. The van der Waals surface area contributed by atoms with Gasteiger partial charge in [-0.25, -0.2) is 4.18 Å². The summed E-state index contributed by atoms with van der Waals surface area (Å²) in [7, 11) is -4.25. The Labute approximate surface area is 93.0 Å². The summed E-state index contributed by atoms with van der Waals surface area (Å²) in [5.41, 5.74) is 0. The number of rotatable bonds is 9. The quantitative estimate of drug-likeness (QED) is 0.495. The number of hydrogen-bond donors (Lipinski definition) is 1. The molecule has 0 spiro atoms. The number of hydrogen-bond acceptors (Lipinski definition) is 3. The monoisotopic (exact) mass is 238 g/mol. The van der Waals surface area contributed by atoms with Crippen LogP contribution in [0.5, 0.6) is 0 Å². The minimum atomic E-state index is -4.25. The van der Waals surface area contributed by atoms with Gasteiger partial charge in [-0.15, -0.1) is 0 Å². The Hall–Kier alpha value is -0.130. The largest absolute Gasteiger partial charge is 0.397 e. The van der Waals surface area contributed by atoms with Crippen LogP contribution in [0.3, 0.4) is 0 Å². The molecule has 5 heteroatoms. The van der Waals surface area contributed by atoms with Gasteiger partial charge in [-0.3, -0.25) is 4.55 Å². The molecule has 0 aromatic heterocycles. The Morgan fingerprint density at radius 1 is 1.20 bits per heavy atom. The highest BCUT2D eigenvalue weighted by Crippen LogP contribution is 2.18. The van der Waals surface area contributed by atoms with Gasteiger partial charge in [-0.1, -0.05) is 39.5 Å². The lowest BCUT2D eigenvalue weighted by Crippen LogP contribution is -2.07. The van der Waals surface area contributed by atoms with E-state index >= 15 is 0 Å². The van der Waals surface area contributed by atoms with Crippen LogP contribution >= 0.6 is 0 Å². The van der Waals surface area contributed by atoms with Crippen molar-refractivity contribution >= 4 is 10.4 Å². The molecule has 0 saturated carbocycles. The lowest BCUT2D eigenvalue weighted by molar-refractivity contribution is 0.251. The molecule has 92 valence electrons. The predicted octanol–water partition coefficient (Wildman–Crippen LogP) is 2.80. The zero-order chi connectivity index (χ0) is 11.7. The van der Waals surface area contributed by atoms with E-state index in [1.807, 2.05) is 0 Å². The summed E-state index contributed by atoms with van der Waals surface area (Å²) in [4.78, 5) is 0. The van der Waals surface area contributed by atoms with Crippen LogP contribution in [0, 0.1) is 5.92 Å². The number of unbranched alkanes of at least 4 members (excludes halogenated alkanes) is 1. The molecule has 1 unspecified atom stereocenters. The van der Waals surface area contributed by atoms with Gasteiger partial charge < -0.3 is 0 Å². The Balaban J connectivity index is 3.54. The zero-order valence-electron chi connectivity index (χ0n) is 9.61. The topological polar surface area (TPSA) is 63.6 Å². The van der Waals surface area contributed by atoms with Crippen LogP contribution in [0.2, 0.25) is 0 Å². The first-order chi connectivity index (χ1) is 6.99. The molecule has 15 heavy (non-hydrogen) atoms. The summed E-state index contributed by atoms with van der Waals surface area (Å²) >= 11 is 0. The molecule has 0 aliphatic heterocycles. The average Bonchev–Trinajstić information content (AvgIpc) is 2.15. The molecule has 0 radical (unpaired) electrons. The molecule has 0 fully saturated rings. The average molecular weight is 238 g/mol. The van der Waals surface area contributed by atoms with E-state index in [1.165, 1.54) is 19.3 Å². The third kappa shape index (κ3) is 10.2. The molecule has 0 aliphatic rings. The van der Waals surface area contributed by atoms with Gasteiger partial charge >= 0.3 is 10.4 Å². The maximum Gasteiger partial charge on any atom is 0.397 e. The first-order valence-electron chi connectivity index (χ1n) is 5.61. The second-order valence-corrected chi connectivity index (χ2v) is 4.90. The van der Waals surface area contributed by atoms with Gasteiger partial charge in [-0.2, -0.15) is 8.42 Å². The van der Waals surface area contributed by atoms with Crippen LogP contribution in [0.25, 0.3) is 0 Å². The van der Waals surface area contributed by atoms with E-state index in [2.05, 4.69) is 18.0 Å². The molecule has 0 heterocycles. The van der Waals surface area contributed by atoms with Crippen molar-refractivity contribution in [1.29, 1.82) is 0 Å². The molecular formula is C10H22O4S. The van der Waals surface area contributed by atoms with Gasteiger partial charge in [0.05, 0.1) is 6.61 Å². The molecule has 1 atom stereocenters. The van der Waals surface area contributed by atoms with Gasteiger partial charge in [0.1, 0.15) is 0 Å².